The smallest absolute Gasteiger partial charge is 0.303 e. The minimum absolute atomic E-state index is 0.00476. The highest BCUT2D eigenvalue weighted by atomic mass is 32.2. The molecule has 37 heteroatoms. The summed E-state index contributed by atoms with van der Waals surface area (Å²) in [6.45, 7) is 10.9. The number of aliphatic carboxylic acids is 1. The lowest BCUT2D eigenvalue weighted by Gasteiger charge is -2.32. The van der Waals surface area contributed by atoms with Crippen LogP contribution in [0.5, 0.6) is 11.5 Å². The molecule has 5 aromatic rings. The number of amides is 12. The van der Waals surface area contributed by atoms with E-state index in [0.29, 0.717) is 51.4 Å². The van der Waals surface area contributed by atoms with Crippen LogP contribution in [-0.2, 0) is 93.1 Å². The molecule has 0 spiro atoms. The summed E-state index contributed by atoms with van der Waals surface area (Å²) in [4.78, 5) is 184. The Balaban J connectivity index is 1.20. The van der Waals surface area contributed by atoms with Gasteiger partial charge in [-0.2, -0.15) is 23.5 Å². The molecular formula is C75H105N17O18S2. The van der Waals surface area contributed by atoms with Crippen LogP contribution in [0.4, 0.5) is 0 Å². The van der Waals surface area contributed by atoms with Gasteiger partial charge in [-0.05, 0) is 103 Å². The van der Waals surface area contributed by atoms with Crippen LogP contribution in [-0.4, -0.2) is 209 Å². The highest BCUT2D eigenvalue weighted by molar-refractivity contribution is 7.98. The molecular weight excluding hydrogens is 1490 g/mol. The summed E-state index contributed by atoms with van der Waals surface area (Å²) in [5.74, 6) is -11.2. The Morgan fingerprint density at radius 3 is 1.49 bits per heavy atom. The summed E-state index contributed by atoms with van der Waals surface area (Å²) in [5.41, 5.74) is 19.5. The summed E-state index contributed by atoms with van der Waals surface area (Å²) in [6.07, 6.45) is -1.03. The predicted octanol–water partition coefficient (Wildman–Crippen LogP) is -0.477. The summed E-state index contributed by atoms with van der Waals surface area (Å²) < 4.78 is 0. The molecule has 0 unspecified atom stereocenters. The summed E-state index contributed by atoms with van der Waals surface area (Å²) >= 11 is 2.66. The second-order valence-corrected chi connectivity index (χ2v) is 30.2. The number of aromatic hydroxyl groups is 2. The Morgan fingerprint density at radius 2 is 1.00 bits per heavy atom. The van der Waals surface area contributed by atoms with Gasteiger partial charge in [0.2, 0.25) is 70.9 Å². The van der Waals surface area contributed by atoms with Gasteiger partial charge in [0.1, 0.15) is 77.6 Å². The number of carbonyl (C=O) groups is 13. The molecule has 0 aliphatic heterocycles. The number of hydrogen-bond acceptors (Lipinski definition) is 21. The number of pyridine rings is 1. The van der Waals surface area contributed by atoms with Gasteiger partial charge in [0.25, 0.3) is 0 Å². The van der Waals surface area contributed by atoms with Crippen molar-refractivity contribution in [2.75, 3.05) is 18.1 Å². The number of guanidine groups is 1. The van der Waals surface area contributed by atoms with E-state index in [2.05, 4.69) is 68.5 Å². The number of fused-ring (bicyclic) bond motifs is 1. The van der Waals surface area contributed by atoms with Crippen molar-refractivity contribution in [2.24, 2.45) is 22.6 Å². The number of benzene rings is 3. The molecule has 0 fully saturated rings. The Labute approximate surface area is 656 Å². The normalized spacial score (nSPS) is 14.5. The maximum absolute atomic E-state index is 14.6. The Morgan fingerprint density at radius 1 is 0.527 bits per heavy atom. The number of nitrogens with two attached hydrogens (primary N) is 3. The zero-order valence-corrected chi connectivity index (χ0v) is 65.2. The van der Waals surface area contributed by atoms with Crippen LogP contribution in [0.15, 0.2) is 97.3 Å². The highest BCUT2D eigenvalue weighted by Gasteiger charge is 2.38. The van der Waals surface area contributed by atoms with Crippen LogP contribution in [0.2, 0.25) is 0 Å². The van der Waals surface area contributed by atoms with E-state index in [1.165, 1.54) is 73.8 Å². The first-order chi connectivity index (χ1) is 52.9. The number of phenolic OH excluding ortho intramolecular Hbond substituents is 2. The van der Waals surface area contributed by atoms with Gasteiger partial charge >= 0.3 is 5.97 Å². The molecule has 3 aromatic carbocycles. The number of aliphatic hydroxyl groups is 2. The lowest BCUT2D eigenvalue weighted by Crippen LogP contribution is -2.61. The van der Waals surface area contributed by atoms with Gasteiger partial charge in [-0.15, -0.1) is 0 Å². The number of carboxylic acids is 1. The van der Waals surface area contributed by atoms with Crippen molar-refractivity contribution in [3.05, 3.63) is 125 Å². The molecule has 2 aromatic heterocycles. The molecule has 2 heterocycles. The van der Waals surface area contributed by atoms with Crippen molar-refractivity contribution < 1.29 is 87.9 Å². The SMILES string of the molecule is CCC[C@H](NC(=O)[C@H](Cc1c[nH]c2ncccc12)NC(=O)C[C@@H](C)O)C(=O)N[C@@H](CCC(=O)O)C(=O)N[C@@H](Cc1ccc(O)cc1)C(=O)N[C@@H](CCC)C(=O)N[C@H](C(=O)N[C@@H](CSCc1cccc(CSCCC(=O)N[C@H](C(=O)N[C@@H](Cc2ccc(O)cc2)C(=O)N[C@@H](CNC(=N)N)C(N)=O)C(C)(C)C)c1)C(N)=O)[C@@H](C)O. The first-order valence-electron chi connectivity index (χ1n) is 36.4. The number of thioether (sulfide) groups is 2. The quantitative estimate of drug-likeness (QED) is 0.0133. The van der Waals surface area contributed by atoms with Crippen LogP contribution in [0.1, 0.15) is 128 Å². The molecule has 35 nitrogen and oxygen atoms in total. The lowest BCUT2D eigenvalue weighted by molar-refractivity contribution is -0.139. The molecule has 0 radical (unpaired) electrons. The number of H-pyrrole nitrogens is 1. The molecule has 0 saturated carbocycles. The second-order valence-electron chi connectivity index (χ2n) is 28.1. The fourth-order valence-electron chi connectivity index (χ4n) is 11.5. The van der Waals surface area contributed by atoms with Crippen LogP contribution in [0.3, 0.4) is 0 Å². The van der Waals surface area contributed by atoms with Crippen molar-refractivity contribution >= 4 is 117 Å². The first kappa shape index (κ1) is 91.6. The number of primary amides is 2. The number of carboxylic acid groups (broad SMARTS) is 1. The molecule has 0 bridgehead atoms. The van der Waals surface area contributed by atoms with Crippen LogP contribution in [0.25, 0.3) is 11.0 Å². The molecule has 0 saturated heterocycles. The topological polar surface area (TPSA) is 586 Å². The molecule has 0 aliphatic carbocycles. The third-order valence-electron chi connectivity index (χ3n) is 17.4. The average Bonchev–Trinajstić information content (AvgIpc) is 1.67. The number of aliphatic hydroxyl groups excluding tert-OH is 2. The number of carbonyl (C=O) groups excluding carboxylic acids is 12. The third-order valence-corrected chi connectivity index (χ3v) is 19.5. The largest absolute Gasteiger partial charge is 0.508 e. The summed E-state index contributed by atoms with van der Waals surface area (Å²) in [6, 6.07) is 8.09. The maximum atomic E-state index is 14.6. The van der Waals surface area contributed by atoms with Crippen LogP contribution < -0.4 is 75.7 Å². The minimum Gasteiger partial charge on any atom is -0.508 e. The van der Waals surface area contributed by atoms with Crippen molar-refractivity contribution in [3.8, 4) is 11.5 Å². The number of nitrogens with one attached hydrogen (secondary N) is 13. The molecule has 5 rings (SSSR count). The zero-order chi connectivity index (χ0) is 82.9. The lowest BCUT2D eigenvalue weighted by atomic mass is 9.85. The third kappa shape index (κ3) is 31.4. The molecule has 24 N–H and O–H groups in total. The van der Waals surface area contributed by atoms with Gasteiger partial charge in [0, 0.05) is 79.4 Å². The van der Waals surface area contributed by atoms with Gasteiger partial charge in [0.05, 0.1) is 18.6 Å². The maximum Gasteiger partial charge on any atom is 0.303 e. The average molecular weight is 1600 g/mol. The van der Waals surface area contributed by atoms with Crippen LogP contribution in [0, 0.1) is 10.8 Å². The van der Waals surface area contributed by atoms with Crippen molar-refractivity contribution in [3.63, 3.8) is 0 Å². The fourth-order valence-corrected chi connectivity index (χ4v) is 13.4. The van der Waals surface area contributed by atoms with E-state index >= 15 is 0 Å². The molecule has 12 atom stereocenters. The zero-order valence-electron chi connectivity index (χ0n) is 63.5. The Kier molecular flexibility index (Phi) is 37.0. The number of aromatic nitrogens is 2. The van der Waals surface area contributed by atoms with E-state index in [-0.39, 0.29) is 75.2 Å². The number of hydrogen-bond donors (Lipinski definition) is 21. The van der Waals surface area contributed by atoms with Crippen LogP contribution >= 0.6 is 23.5 Å². The fraction of sp³-hybridized carbons (Fsp3) is 0.480. The minimum atomic E-state index is -1.73. The van der Waals surface area contributed by atoms with Gasteiger partial charge < -0.3 is 106 Å². The predicted molar refractivity (Wildman–Crippen MR) is 419 cm³/mol. The Hall–Kier alpha value is -11.0. The molecule has 12 amide bonds. The first-order valence-corrected chi connectivity index (χ1v) is 38.7. The Bertz CT molecular complexity index is 4070. The number of nitrogens with zero attached hydrogens (tertiary/aromatic N) is 1. The summed E-state index contributed by atoms with van der Waals surface area (Å²) in [7, 11) is 0. The van der Waals surface area contributed by atoms with Gasteiger partial charge in [-0.1, -0.05) is 96.0 Å². The van der Waals surface area contributed by atoms with E-state index in [1.54, 1.807) is 71.3 Å². The van der Waals surface area contributed by atoms with E-state index in [1.807, 2.05) is 24.3 Å². The van der Waals surface area contributed by atoms with E-state index in [4.69, 9.17) is 22.6 Å². The van der Waals surface area contributed by atoms with E-state index in [0.717, 1.165) is 11.1 Å². The highest BCUT2D eigenvalue weighted by Crippen LogP contribution is 2.24. The standard InChI is InChI=1S/C75H105N17O18S2/c1-8-12-50(84-71(108)55(83-59(98)30-40(3)93)34-46-35-81-65-49(46)16-11-28-80-65)66(103)86-52(25-26-60(99)100)67(104)87-53(32-42-17-21-47(95)22-18-42)69(106)85-51(13-9-2)68(105)92-61(41(4)94)72(109)90-57(64(77)102)39-112-38-45-15-10-14-44(31-45)37-111-29-27-58(97)91-62(75(5,6)7)73(110)88-54(33-43-19-23-48(96)24-20-43)70(107)89-56(63(76)101)36-82-74(78)79/h10-11,14-24,28,31,35,40-41,50-57,61-62,93-96H,8-9,12-13,25-27,29-30,32-34,36-39H2,1-7H3,(H2,76,101)(H2,77,102)(H,80,81)(H,83,98)(H,84,108)(H,85,106)(H,86,103)(H,87,104)(H,88,110)(H,89,107)(H,90,109)(H,91,97)(H,92,105)(H,99,100)(H4,78,79,82)/t40-,41-,50+,51+,52+,53+,54+,55+,56+,57+,61+,62-/m1/s1. The van der Waals surface area contributed by atoms with Gasteiger partial charge in [-0.25, -0.2) is 4.98 Å². The summed E-state index contributed by atoms with van der Waals surface area (Å²) in [5, 5.41) is 87.1. The van der Waals surface area contributed by atoms with Crippen molar-refractivity contribution in [2.45, 2.75) is 203 Å². The molecule has 112 heavy (non-hydrogen) atoms. The van der Waals surface area contributed by atoms with Crippen molar-refractivity contribution in [1.82, 2.24) is 68.5 Å². The van der Waals surface area contributed by atoms with E-state index < -0.39 is 174 Å². The number of rotatable bonds is 47. The number of aromatic amines is 1. The van der Waals surface area contributed by atoms with Gasteiger partial charge in [0.15, 0.2) is 5.96 Å². The number of phenols is 2. The van der Waals surface area contributed by atoms with Gasteiger partial charge in [-0.3, -0.25) is 67.7 Å². The van der Waals surface area contributed by atoms with Crippen molar-refractivity contribution in [1.29, 1.82) is 5.41 Å². The molecule has 0 aliphatic rings. The van der Waals surface area contributed by atoms with E-state index in [9.17, 15) is 87.9 Å². The second kappa shape index (κ2) is 45.3. The molecule has 610 valence electrons. The monoisotopic (exact) mass is 1600 g/mol.